The molecule has 6 heteroatoms. The minimum Gasteiger partial charge on any atom is -0.465 e. The highest BCUT2D eigenvalue weighted by Gasteiger charge is 2.36. The van der Waals surface area contributed by atoms with Crippen LogP contribution in [0.5, 0.6) is 0 Å². The van der Waals surface area contributed by atoms with E-state index in [0.29, 0.717) is 12.0 Å². The van der Waals surface area contributed by atoms with Crippen LogP contribution in [0.4, 0.5) is 0 Å². The Labute approximate surface area is 118 Å². The zero-order valence-corrected chi connectivity index (χ0v) is 12.6. The maximum atomic E-state index is 12.0. The minimum atomic E-state index is -1.19. The molecule has 0 heterocycles. The van der Waals surface area contributed by atoms with Gasteiger partial charge in [-0.05, 0) is 26.3 Å². The fraction of sp³-hybridized carbons (Fsp3) is 0.692. The number of carbonyl (C=O) groups is 2. The Kier molecular flexibility index (Phi) is 7.97. The summed E-state index contributed by atoms with van der Waals surface area (Å²) in [5.41, 5.74) is 0.425. The highest BCUT2D eigenvalue weighted by Crippen LogP contribution is 2.31. The van der Waals surface area contributed by atoms with Crippen LogP contribution >= 0.6 is 11.8 Å². The first-order valence-corrected chi connectivity index (χ1v) is 6.99. The van der Waals surface area contributed by atoms with Gasteiger partial charge in [-0.2, -0.15) is 0 Å². The summed E-state index contributed by atoms with van der Waals surface area (Å²) in [5, 5.41) is 18.3. The van der Waals surface area contributed by atoms with Gasteiger partial charge in [0.15, 0.2) is 5.12 Å². The smallest absolute Gasteiger partial charge is 0.326 e. The summed E-state index contributed by atoms with van der Waals surface area (Å²) in [4.78, 5) is 23.5. The molecule has 2 atom stereocenters. The fourth-order valence-electron chi connectivity index (χ4n) is 1.39. The first-order chi connectivity index (χ1) is 8.80. The van der Waals surface area contributed by atoms with Crippen LogP contribution in [-0.4, -0.2) is 45.4 Å². The number of aliphatic hydroxyl groups excluding tert-OH is 2. The first kappa shape index (κ1) is 18.1. The minimum absolute atomic E-state index is 0.141. The molecule has 0 saturated carbocycles. The van der Waals surface area contributed by atoms with Crippen molar-refractivity contribution in [3.63, 3.8) is 0 Å². The predicted octanol–water partition coefficient (Wildman–Crippen LogP) is 1.28. The highest BCUT2D eigenvalue weighted by atomic mass is 32.2. The zero-order chi connectivity index (χ0) is 15.1. The van der Waals surface area contributed by atoms with Crippen molar-refractivity contribution in [2.75, 3.05) is 13.2 Å². The van der Waals surface area contributed by atoms with E-state index in [0.717, 1.165) is 11.8 Å². The fourth-order valence-corrected chi connectivity index (χ4v) is 2.39. The van der Waals surface area contributed by atoms with Crippen LogP contribution in [0.1, 0.15) is 34.1 Å². The summed E-state index contributed by atoms with van der Waals surface area (Å²) < 4.78 is 3.77. The quantitative estimate of drug-likeness (QED) is 0.543. The Balaban J connectivity index is 5.26. The molecule has 0 aromatic rings. The molecular formula is C13H22O5S. The van der Waals surface area contributed by atoms with Crippen LogP contribution in [0.2, 0.25) is 0 Å². The molecule has 0 radical (unpaired) electrons. The molecule has 0 bridgehead atoms. The number of carbonyl (C=O) groups excluding carboxylic acids is 2. The molecule has 0 saturated heterocycles. The van der Waals surface area contributed by atoms with E-state index >= 15 is 0 Å². The topological polar surface area (TPSA) is 83.8 Å². The molecule has 19 heavy (non-hydrogen) atoms. The lowest BCUT2D eigenvalue weighted by Gasteiger charge is -2.24. The number of thioether (sulfide) groups is 1. The first-order valence-electron chi connectivity index (χ1n) is 6.18. The van der Waals surface area contributed by atoms with Crippen molar-refractivity contribution in [3.05, 3.63) is 11.6 Å². The molecule has 0 fully saturated rings. The molecular weight excluding hydrogens is 268 g/mol. The van der Waals surface area contributed by atoms with Crippen molar-refractivity contribution < 1.29 is 24.5 Å². The molecule has 0 amide bonds. The third kappa shape index (κ3) is 5.76. The van der Waals surface area contributed by atoms with Gasteiger partial charge in [0.1, 0.15) is 4.75 Å². The normalized spacial score (nSPS) is 16.6. The van der Waals surface area contributed by atoms with Crippen molar-refractivity contribution in [3.8, 4) is 0 Å². The maximum Gasteiger partial charge on any atom is 0.326 e. The Bertz CT molecular complexity index is 353. The second-order valence-corrected chi connectivity index (χ2v) is 5.75. The summed E-state index contributed by atoms with van der Waals surface area (Å²) >= 11 is 0.869. The zero-order valence-electron chi connectivity index (χ0n) is 11.8. The lowest BCUT2D eigenvalue weighted by Crippen LogP contribution is -2.34. The molecule has 110 valence electrons. The SMILES string of the molecule is CCOC(=O)[C@@](C)(/C=C(\C)[C@@H](O)CO)SC(=O)CC. The molecule has 0 aromatic heterocycles. The van der Waals surface area contributed by atoms with Gasteiger partial charge in [0, 0.05) is 6.42 Å². The second-order valence-electron chi connectivity index (χ2n) is 4.24. The van der Waals surface area contributed by atoms with Gasteiger partial charge in [-0.25, -0.2) is 0 Å². The van der Waals surface area contributed by atoms with Crippen LogP contribution in [0.25, 0.3) is 0 Å². The Morgan fingerprint density at radius 3 is 2.42 bits per heavy atom. The predicted molar refractivity (Wildman–Crippen MR) is 74.8 cm³/mol. The second kappa shape index (κ2) is 8.35. The van der Waals surface area contributed by atoms with E-state index in [9.17, 15) is 14.7 Å². The molecule has 0 aromatic carbocycles. The van der Waals surface area contributed by atoms with E-state index < -0.39 is 23.4 Å². The lowest BCUT2D eigenvalue weighted by atomic mass is 10.0. The average molecular weight is 290 g/mol. The summed E-state index contributed by atoms with van der Waals surface area (Å²) in [5.74, 6) is -0.536. The van der Waals surface area contributed by atoms with Crippen molar-refractivity contribution >= 4 is 22.8 Å². The third-order valence-corrected chi connectivity index (χ3v) is 3.72. The highest BCUT2D eigenvalue weighted by molar-refractivity contribution is 8.15. The molecule has 0 unspecified atom stereocenters. The summed E-state index contributed by atoms with van der Waals surface area (Å²) in [6.07, 6.45) is 0.727. The van der Waals surface area contributed by atoms with Gasteiger partial charge in [-0.3, -0.25) is 9.59 Å². The molecule has 0 spiro atoms. The van der Waals surface area contributed by atoms with Gasteiger partial charge < -0.3 is 14.9 Å². The van der Waals surface area contributed by atoms with Crippen molar-refractivity contribution in [1.29, 1.82) is 0 Å². The molecule has 0 aliphatic carbocycles. The van der Waals surface area contributed by atoms with Crippen molar-refractivity contribution in [1.82, 2.24) is 0 Å². The van der Waals surface area contributed by atoms with E-state index in [1.807, 2.05) is 0 Å². The lowest BCUT2D eigenvalue weighted by molar-refractivity contribution is -0.144. The number of esters is 1. The van der Waals surface area contributed by atoms with E-state index in [1.54, 1.807) is 27.7 Å². The molecule has 0 rings (SSSR count). The number of hydrogen-bond donors (Lipinski definition) is 2. The van der Waals surface area contributed by atoms with Crippen molar-refractivity contribution in [2.45, 2.75) is 45.0 Å². The Hall–Kier alpha value is -0.850. The van der Waals surface area contributed by atoms with E-state index in [2.05, 4.69) is 0 Å². The largest absolute Gasteiger partial charge is 0.465 e. The average Bonchev–Trinajstić information content (AvgIpc) is 2.37. The monoisotopic (exact) mass is 290 g/mol. The Morgan fingerprint density at radius 2 is 2.00 bits per heavy atom. The molecule has 0 aliphatic heterocycles. The van der Waals surface area contributed by atoms with Crippen molar-refractivity contribution in [2.24, 2.45) is 0 Å². The van der Waals surface area contributed by atoms with Crippen LogP contribution in [-0.2, 0) is 14.3 Å². The van der Waals surface area contributed by atoms with E-state index in [1.165, 1.54) is 6.08 Å². The van der Waals surface area contributed by atoms with Crippen LogP contribution in [0.3, 0.4) is 0 Å². The van der Waals surface area contributed by atoms with Gasteiger partial charge in [0.25, 0.3) is 0 Å². The third-order valence-electron chi connectivity index (χ3n) is 2.50. The van der Waals surface area contributed by atoms with Gasteiger partial charge in [0.05, 0.1) is 19.3 Å². The number of aliphatic hydroxyl groups is 2. The summed E-state index contributed by atoms with van der Waals surface area (Å²) in [6.45, 7) is 6.33. The van der Waals surface area contributed by atoms with Crippen LogP contribution in [0.15, 0.2) is 11.6 Å². The number of rotatable bonds is 7. The summed E-state index contributed by atoms with van der Waals surface area (Å²) in [7, 11) is 0. The number of ether oxygens (including phenoxy) is 1. The molecule has 2 N–H and O–H groups in total. The molecule has 5 nitrogen and oxygen atoms in total. The Morgan fingerprint density at radius 1 is 1.42 bits per heavy atom. The van der Waals surface area contributed by atoms with Gasteiger partial charge in [0.2, 0.25) is 0 Å². The van der Waals surface area contributed by atoms with E-state index in [-0.39, 0.29) is 11.7 Å². The van der Waals surface area contributed by atoms with Gasteiger partial charge in [-0.1, -0.05) is 24.8 Å². The van der Waals surface area contributed by atoms with E-state index in [4.69, 9.17) is 9.84 Å². The summed E-state index contributed by atoms with van der Waals surface area (Å²) in [6, 6.07) is 0. The number of hydrogen-bond acceptors (Lipinski definition) is 6. The standard InChI is InChI=1S/C13H22O5S/c1-5-11(16)19-13(4,12(17)18-6-2)7-9(3)10(15)8-14/h7,10,14-15H,5-6,8H2,1-4H3/b9-7+/t10-,13+/m0/s1. The molecule has 0 aliphatic rings. The van der Waals surface area contributed by atoms with Crippen LogP contribution in [0, 0.1) is 0 Å². The van der Waals surface area contributed by atoms with Gasteiger partial charge >= 0.3 is 5.97 Å². The van der Waals surface area contributed by atoms with Gasteiger partial charge in [-0.15, -0.1) is 0 Å². The van der Waals surface area contributed by atoms with Crippen LogP contribution < -0.4 is 0 Å². The maximum absolute atomic E-state index is 12.0.